The highest BCUT2D eigenvalue weighted by Gasteiger charge is 2.23. The fourth-order valence-corrected chi connectivity index (χ4v) is 3.44. The van der Waals surface area contributed by atoms with Crippen LogP contribution < -0.4 is 5.32 Å². The van der Waals surface area contributed by atoms with Crippen LogP contribution in [0.5, 0.6) is 0 Å². The number of amides is 1. The molecule has 0 aliphatic rings. The van der Waals surface area contributed by atoms with Crippen LogP contribution in [-0.2, 0) is 14.6 Å². The van der Waals surface area contributed by atoms with Gasteiger partial charge in [0.1, 0.15) is 5.75 Å². The molecule has 1 amide bonds. The van der Waals surface area contributed by atoms with Gasteiger partial charge in [0.25, 0.3) is 5.69 Å². The highest BCUT2D eigenvalue weighted by Crippen LogP contribution is 2.19. The van der Waals surface area contributed by atoms with Gasteiger partial charge in [-0.2, -0.15) is 0 Å². The molecule has 0 aliphatic heterocycles. The third kappa shape index (κ3) is 3.70. The lowest BCUT2D eigenvalue weighted by Crippen LogP contribution is -2.23. The number of H-pyrrole nitrogens is 1. The standard InChI is InChI=1S/C16H14N4O5S/c1-10-5-6-13-14(7-10)19-16(18-13)26(24,25)9-15(21)17-11-3-2-4-12(8-11)20(22)23/h2-8H,9H2,1H3,(H,17,21)(H,18,19). The summed E-state index contributed by atoms with van der Waals surface area (Å²) in [5, 5.41) is 12.8. The lowest BCUT2D eigenvalue weighted by molar-refractivity contribution is -0.384. The number of nitro benzene ring substituents is 1. The molecule has 2 aromatic carbocycles. The molecule has 1 aromatic heterocycles. The lowest BCUT2D eigenvalue weighted by Gasteiger charge is -2.05. The number of imidazole rings is 1. The van der Waals surface area contributed by atoms with Crippen LogP contribution in [0.3, 0.4) is 0 Å². The zero-order valence-corrected chi connectivity index (χ0v) is 14.4. The first-order chi connectivity index (χ1) is 12.2. The minimum Gasteiger partial charge on any atom is -0.329 e. The van der Waals surface area contributed by atoms with Crippen molar-refractivity contribution in [2.24, 2.45) is 0 Å². The second-order valence-electron chi connectivity index (χ2n) is 5.68. The molecule has 2 N–H and O–H groups in total. The zero-order valence-electron chi connectivity index (χ0n) is 13.6. The van der Waals surface area contributed by atoms with Gasteiger partial charge in [-0.3, -0.25) is 14.9 Å². The van der Waals surface area contributed by atoms with Crippen molar-refractivity contribution in [3.8, 4) is 0 Å². The second kappa shape index (κ2) is 6.56. The van der Waals surface area contributed by atoms with Crippen LogP contribution in [0.25, 0.3) is 11.0 Å². The van der Waals surface area contributed by atoms with E-state index in [-0.39, 0.29) is 16.5 Å². The van der Waals surface area contributed by atoms with E-state index >= 15 is 0 Å². The van der Waals surface area contributed by atoms with E-state index in [0.29, 0.717) is 11.0 Å². The van der Waals surface area contributed by atoms with E-state index in [1.165, 1.54) is 18.2 Å². The van der Waals surface area contributed by atoms with Gasteiger partial charge < -0.3 is 10.3 Å². The molecular formula is C16H14N4O5S. The summed E-state index contributed by atoms with van der Waals surface area (Å²) in [4.78, 5) is 28.9. The molecular weight excluding hydrogens is 360 g/mol. The number of nitrogens with zero attached hydrogens (tertiary/aromatic N) is 2. The summed E-state index contributed by atoms with van der Waals surface area (Å²) in [6, 6.07) is 10.5. The molecule has 0 spiro atoms. The summed E-state index contributed by atoms with van der Waals surface area (Å²) >= 11 is 0. The number of carbonyl (C=O) groups is 1. The number of aryl methyl sites for hydroxylation is 1. The molecule has 10 heteroatoms. The summed E-state index contributed by atoms with van der Waals surface area (Å²) in [6.07, 6.45) is 0. The topological polar surface area (TPSA) is 135 Å². The minimum atomic E-state index is -3.99. The van der Waals surface area contributed by atoms with Crippen molar-refractivity contribution >= 4 is 38.2 Å². The summed E-state index contributed by atoms with van der Waals surface area (Å²) in [5.74, 6) is -1.66. The van der Waals surface area contributed by atoms with Crippen LogP contribution in [0.1, 0.15) is 5.56 Å². The molecule has 3 rings (SSSR count). The number of nitro groups is 1. The predicted molar refractivity (Wildman–Crippen MR) is 94.6 cm³/mol. The number of carbonyl (C=O) groups excluding carboxylic acids is 1. The third-order valence-corrected chi connectivity index (χ3v) is 5.00. The molecule has 0 radical (unpaired) electrons. The number of hydrogen-bond acceptors (Lipinski definition) is 6. The Labute approximate surface area is 148 Å². The molecule has 0 fully saturated rings. The van der Waals surface area contributed by atoms with E-state index < -0.39 is 26.4 Å². The number of hydrogen-bond donors (Lipinski definition) is 2. The largest absolute Gasteiger partial charge is 0.329 e. The highest BCUT2D eigenvalue weighted by molar-refractivity contribution is 7.92. The van der Waals surface area contributed by atoms with Crippen molar-refractivity contribution in [2.75, 3.05) is 11.1 Å². The molecule has 0 bridgehead atoms. The average Bonchev–Trinajstić information content (AvgIpc) is 2.98. The monoisotopic (exact) mass is 374 g/mol. The summed E-state index contributed by atoms with van der Waals surface area (Å²) in [5.41, 5.74) is 1.90. The fraction of sp³-hybridized carbons (Fsp3) is 0.125. The van der Waals surface area contributed by atoms with E-state index in [1.807, 2.05) is 6.92 Å². The molecule has 134 valence electrons. The van der Waals surface area contributed by atoms with Crippen molar-refractivity contribution < 1.29 is 18.1 Å². The Morgan fingerprint density at radius 3 is 2.77 bits per heavy atom. The van der Waals surface area contributed by atoms with Crippen LogP contribution in [0.4, 0.5) is 11.4 Å². The van der Waals surface area contributed by atoms with Crippen LogP contribution in [0, 0.1) is 17.0 Å². The van der Waals surface area contributed by atoms with Gasteiger partial charge in [0.15, 0.2) is 0 Å². The van der Waals surface area contributed by atoms with Gasteiger partial charge in [0.05, 0.1) is 16.0 Å². The molecule has 9 nitrogen and oxygen atoms in total. The van der Waals surface area contributed by atoms with Crippen LogP contribution in [-0.4, -0.2) is 35.0 Å². The van der Waals surface area contributed by atoms with Gasteiger partial charge >= 0.3 is 0 Å². The van der Waals surface area contributed by atoms with Gasteiger partial charge in [-0.1, -0.05) is 12.1 Å². The Hall–Kier alpha value is -3.27. The summed E-state index contributed by atoms with van der Waals surface area (Å²) in [6.45, 7) is 1.86. The Balaban J connectivity index is 1.78. The molecule has 1 heterocycles. The molecule has 26 heavy (non-hydrogen) atoms. The SMILES string of the molecule is Cc1ccc2nc(S(=O)(=O)CC(=O)Nc3cccc([N+](=O)[O-])c3)[nH]c2c1. The van der Waals surface area contributed by atoms with E-state index in [0.717, 1.165) is 11.6 Å². The Kier molecular flexibility index (Phi) is 4.43. The summed E-state index contributed by atoms with van der Waals surface area (Å²) < 4.78 is 24.8. The average molecular weight is 374 g/mol. The number of aromatic nitrogens is 2. The quantitative estimate of drug-likeness (QED) is 0.519. The molecule has 0 saturated carbocycles. The van der Waals surface area contributed by atoms with Gasteiger partial charge in [-0.25, -0.2) is 13.4 Å². The first kappa shape index (κ1) is 17.5. The van der Waals surface area contributed by atoms with Gasteiger partial charge in [-0.15, -0.1) is 0 Å². The number of rotatable bonds is 5. The van der Waals surface area contributed by atoms with Gasteiger partial charge in [0, 0.05) is 17.8 Å². The van der Waals surface area contributed by atoms with E-state index in [9.17, 15) is 23.3 Å². The van der Waals surface area contributed by atoms with E-state index in [2.05, 4.69) is 15.3 Å². The zero-order chi connectivity index (χ0) is 18.9. The van der Waals surface area contributed by atoms with Gasteiger partial charge in [-0.05, 0) is 30.7 Å². The molecule has 0 aliphatic carbocycles. The predicted octanol–water partition coefficient (Wildman–Crippen LogP) is 2.19. The highest BCUT2D eigenvalue weighted by atomic mass is 32.2. The number of nitrogens with one attached hydrogen (secondary N) is 2. The van der Waals surface area contributed by atoms with E-state index in [1.54, 1.807) is 18.2 Å². The first-order valence-corrected chi connectivity index (χ1v) is 9.13. The number of aromatic amines is 1. The van der Waals surface area contributed by atoms with Crippen molar-refractivity contribution in [2.45, 2.75) is 12.1 Å². The second-order valence-corrected chi connectivity index (χ2v) is 7.58. The summed E-state index contributed by atoms with van der Waals surface area (Å²) in [7, 11) is -3.99. The van der Waals surface area contributed by atoms with Crippen molar-refractivity contribution in [1.82, 2.24) is 9.97 Å². The van der Waals surface area contributed by atoms with E-state index in [4.69, 9.17) is 0 Å². The molecule has 0 atom stereocenters. The van der Waals surface area contributed by atoms with Gasteiger partial charge in [0.2, 0.25) is 20.9 Å². The van der Waals surface area contributed by atoms with Crippen molar-refractivity contribution in [3.05, 3.63) is 58.1 Å². The number of benzene rings is 2. The number of sulfone groups is 1. The smallest absolute Gasteiger partial charge is 0.271 e. The maximum absolute atomic E-state index is 12.4. The third-order valence-electron chi connectivity index (χ3n) is 3.57. The lowest BCUT2D eigenvalue weighted by atomic mass is 10.2. The number of fused-ring (bicyclic) bond motifs is 1. The first-order valence-electron chi connectivity index (χ1n) is 7.48. The molecule has 0 saturated heterocycles. The van der Waals surface area contributed by atoms with Crippen LogP contribution in [0.2, 0.25) is 0 Å². The Bertz CT molecular complexity index is 1120. The van der Waals surface area contributed by atoms with Crippen molar-refractivity contribution in [3.63, 3.8) is 0 Å². The number of non-ortho nitro benzene ring substituents is 1. The fourth-order valence-electron chi connectivity index (χ4n) is 2.38. The van der Waals surface area contributed by atoms with Crippen LogP contribution in [0.15, 0.2) is 47.6 Å². The Morgan fingerprint density at radius 2 is 2.04 bits per heavy atom. The minimum absolute atomic E-state index is 0.139. The number of anilines is 1. The Morgan fingerprint density at radius 1 is 1.27 bits per heavy atom. The maximum Gasteiger partial charge on any atom is 0.271 e. The van der Waals surface area contributed by atoms with Crippen LogP contribution >= 0.6 is 0 Å². The normalized spacial score (nSPS) is 11.4. The van der Waals surface area contributed by atoms with Crippen molar-refractivity contribution in [1.29, 1.82) is 0 Å². The maximum atomic E-state index is 12.4. The molecule has 0 unspecified atom stereocenters. The molecule has 3 aromatic rings.